The van der Waals surface area contributed by atoms with Gasteiger partial charge in [0, 0.05) is 38.6 Å². The van der Waals surface area contributed by atoms with Gasteiger partial charge < -0.3 is 15.5 Å². The summed E-state index contributed by atoms with van der Waals surface area (Å²) in [5.41, 5.74) is 6.76. The zero-order chi connectivity index (χ0) is 14.5. The molecule has 0 saturated carbocycles. The lowest BCUT2D eigenvalue weighted by molar-refractivity contribution is 0.641. The minimum absolute atomic E-state index is 0.670. The first-order chi connectivity index (χ1) is 10.4. The van der Waals surface area contributed by atoms with Crippen molar-refractivity contribution in [2.24, 2.45) is 5.73 Å². The van der Waals surface area contributed by atoms with Gasteiger partial charge in [0.2, 0.25) is 0 Å². The van der Waals surface area contributed by atoms with Crippen molar-refractivity contribution in [2.75, 3.05) is 42.5 Å². The Morgan fingerprint density at radius 2 is 1.62 bits per heavy atom. The summed E-state index contributed by atoms with van der Waals surface area (Å²) < 4.78 is 0. The third-order valence-electron chi connectivity index (χ3n) is 3.82. The topological polar surface area (TPSA) is 58.3 Å². The highest BCUT2D eigenvalue weighted by atomic mass is 15.3. The highest BCUT2D eigenvalue weighted by Gasteiger charge is 2.18. The second-order valence-corrected chi connectivity index (χ2v) is 5.23. The van der Waals surface area contributed by atoms with Crippen molar-refractivity contribution in [3.05, 3.63) is 48.3 Å². The third kappa shape index (κ3) is 3.31. The first kappa shape index (κ1) is 13.8. The fourth-order valence-corrected chi connectivity index (χ4v) is 2.62. The molecule has 1 fully saturated rings. The van der Waals surface area contributed by atoms with Crippen LogP contribution in [0, 0.1) is 0 Å². The molecule has 0 spiro atoms. The van der Waals surface area contributed by atoms with E-state index in [4.69, 9.17) is 5.73 Å². The Balaban J connectivity index is 1.60. The maximum atomic E-state index is 5.56. The molecule has 0 unspecified atom stereocenters. The van der Waals surface area contributed by atoms with Crippen LogP contribution in [-0.4, -0.2) is 42.7 Å². The van der Waals surface area contributed by atoms with E-state index in [9.17, 15) is 0 Å². The molecule has 2 N–H and O–H groups in total. The van der Waals surface area contributed by atoms with Gasteiger partial charge in [0.1, 0.15) is 11.6 Å². The number of hydrogen-bond donors (Lipinski definition) is 1. The molecule has 1 aliphatic rings. The molecule has 3 heterocycles. The number of nitrogens with zero attached hydrogens (tertiary/aromatic N) is 4. The Morgan fingerprint density at radius 1 is 0.905 bits per heavy atom. The Bertz CT molecular complexity index is 547. The monoisotopic (exact) mass is 283 g/mol. The number of hydrogen-bond acceptors (Lipinski definition) is 5. The number of pyridine rings is 2. The zero-order valence-corrected chi connectivity index (χ0v) is 12.2. The van der Waals surface area contributed by atoms with Crippen molar-refractivity contribution in [1.29, 1.82) is 0 Å². The summed E-state index contributed by atoms with van der Waals surface area (Å²) in [6.07, 6.45) is 4.67. The summed E-state index contributed by atoms with van der Waals surface area (Å²) in [6.45, 7) is 4.57. The molecule has 0 radical (unpaired) electrons. The largest absolute Gasteiger partial charge is 0.353 e. The molecule has 1 aliphatic heterocycles. The van der Waals surface area contributed by atoms with Gasteiger partial charge >= 0.3 is 0 Å². The molecule has 0 amide bonds. The Hall–Kier alpha value is -2.14. The Labute approximate surface area is 125 Å². The fraction of sp³-hybridized carbons (Fsp3) is 0.375. The third-order valence-corrected chi connectivity index (χ3v) is 3.82. The van der Waals surface area contributed by atoms with Crippen molar-refractivity contribution in [3.63, 3.8) is 0 Å². The van der Waals surface area contributed by atoms with Crippen LogP contribution in [-0.2, 0) is 6.42 Å². The first-order valence-electron chi connectivity index (χ1n) is 7.43. The second-order valence-electron chi connectivity index (χ2n) is 5.23. The van der Waals surface area contributed by atoms with Crippen molar-refractivity contribution in [3.8, 4) is 0 Å². The van der Waals surface area contributed by atoms with Crippen LogP contribution in [0.25, 0.3) is 0 Å². The lowest BCUT2D eigenvalue weighted by Crippen LogP contribution is -2.47. The fourth-order valence-electron chi connectivity index (χ4n) is 2.62. The summed E-state index contributed by atoms with van der Waals surface area (Å²) in [5.74, 6) is 2.11. The van der Waals surface area contributed by atoms with Gasteiger partial charge in [-0.25, -0.2) is 9.97 Å². The van der Waals surface area contributed by atoms with Crippen LogP contribution in [0.1, 0.15) is 5.56 Å². The maximum absolute atomic E-state index is 5.56. The number of nitrogens with two attached hydrogens (primary N) is 1. The van der Waals surface area contributed by atoms with Crippen molar-refractivity contribution < 1.29 is 0 Å². The summed E-state index contributed by atoms with van der Waals surface area (Å²) >= 11 is 0. The van der Waals surface area contributed by atoms with E-state index >= 15 is 0 Å². The number of anilines is 2. The molecule has 1 saturated heterocycles. The Morgan fingerprint density at radius 3 is 2.14 bits per heavy atom. The van der Waals surface area contributed by atoms with E-state index in [0.717, 1.165) is 44.2 Å². The van der Waals surface area contributed by atoms with Crippen LogP contribution in [0.3, 0.4) is 0 Å². The summed E-state index contributed by atoms with van der Waals surface area (Å²) in [5, 5.41) is 0. The smallest absolute Gasteiger partial charge is 0.128 e. The molecule has 0 aliphatic carbocycles. The number of piperazine rings is 1. The molecule has 2 aromatic rings. The molecule has 110 valence electrons. The van der Waals surface area contributed by atoms with Crippen LogP contribution in [0.4, 0.5) is 11.6 Å². The summed E-state index contributed by atoms with van der Waals surface area (Å²) in [6, 6.07) is 10.3. The van der Waals surface area contributed by atoms with E-state index in [-0.39, 0.29) is 0 Å². The quantitative estimate of drug-likeness (QED) is 0.916. The molecule has 5 nitrogen and oxygen atoms in total. The van der Waals surface area contributed by atoms with Gasteiger partial charge in [0.15, 0.2) is 0 Å². The molecule has 3 rings (SSSR count). The van der Waals surface area contributed by atoms with Gasteiger partial charge in [-0.3, -0.25) is 0 Å². The normalized spacial score (nSPS) is 15.3. The predicted octanol–water partition coefficient (Wildman–Crippen LogP) is 1.30. The van der Waals surface area contributed by atoms with Crippen LogP contribution in [0.2, 0.25) is 0 Å². The molecule has 21 heavy (non-hydrogen) atoms. The second kappa shape index (κ2) is 6.54. The van der Waals surface area contributed by atoms with Crippen molar-refractivity contribution >= 4 is 11.6 Å². The van der Waals surface area contributed by atoms with Gasteiger partial charge in [-0.1, -0.05) is 12.1 Å². The minimum Gasteiger partial charge on any atom is -0.353 e. The zero-order valence-electron chi connectivity index (χ0n) is 12.2. The lowest BCUT2D eigenvalue weighted by atomic mass is 10.2. The van der Waals surface area contributed by atoms with Crippen molar-refractivity contribution in [1.82, 2.24) is 9.97 Å². The van der Waals surface area contributed by atoms with E-state index < -0.39 is 0 Å². The molecule has 5 heteroatoms. The Kier molecular flexibility index (Phi) is 4.31. The molecule has 0 atom stereocenters. The van der Waals surface area contributed by atoms with Crippen molar-refractivity contribution in [2.45, 2.75) is 6.42 Å². The average molecular weight is 283 g/mol. The van der Waals surface area contributed by atoms with Gasteiger partial charge in [-0.05, 0) is 36.7 Å². The van der Waals surface area contributed by atoms with Crippen LogP contribution in [0.15, 0.2) is 42.7 Å². The summed E-state index contributed by atoms with van der Waals surface area (Å²) in [7, 11) is 0. The first-order valence-corrected chi connectivity index (χ1v) is 7.43. The lowest BCUT2D eigenvalue weighted by Gasteiger charge is -2.36. The van der Waals surface area contributed by atoms with E-state index in [1.54, 1.807) is 0 Å². The van der Waals surface area contributed by atoms with E-state index in [1.165, 1.54) is 5.56 Å². The highest BCUT2D eigenvalue weighted by Crippen LogP contribution is 2.17. The standard InChI is InChI=1S/C16H21N5/c17-7-6-14-4-5-16(19-13-14)21-11-9-20(10-12-21)15-3-1-2-8-18-15/h1-5,8,13H,6-7,9-12,17H2. The number of rotatable bonds is 4. The number of aromatic nitrogens is 2. The minimum atomic E-state index is 0.670. The van der Waals surface area contributed by atoms with E-state index in [1.807, 2.05) is 24.5 Å². The molecule has 2 aromatic heterocycles. The molecular formula is C16H21N5. The van der Waals surface area contributed by atoms with E-state index in [2.05, 4.69) is 38.0 Å². The molecule has 0 bridgehead atoms. The van der Waals surface area contributed by atoms with E-state index in [0.29, 0.717) is 6.54 Å². The van der Waals surface area contributed by atoms with Gasteiger partial charge in [-0.15, -0.1) is 0 Å². The predicted molar refractivity (Wildman–Crippen MR) is 85.7 cm³/mol. The molecule has 0 aromatic carbocycles. The van der Waals surface area contributed by atoms with Crippen LogP contribution >= 0.6 is 0 Å². The maximum Gasteiger partial charge on any atom is 0.128 e. The van der Waals surface area contributed by atoms with Gasteiger partial charge in [0.05, 0.1) is 0 Å². The van der Waals surface area contributed by atoms with Gasteiger partial charge in [-0.2, -0.15) is 0 Å². The van der Waals surface area contributed by atoms with Crippen LogP contribution < -0.4 is 15.5 Å². The molecular weight excluding hydrogens is 262 g/mol. The SMILES string of the molecule is NCCc1ccc(N2CCN(c3ccccn3)CC2)nc1. The highest BCUT2D eigenvalue weighted by molar-refractivity contribution is 5.45. The average Bonchev–Trinajstić information content (AvgIpc) is 2.57. The van der Waals surface area contributed by atoms with Crippen LogP contribution in [0.5, 0.6) is 0 Å². The van der Waals surface area contributed by atoms with Gasteiger partial charge in [0.25, 0.3) is 0 Å². The summed E-state index contributed by atoms with van der Waals surface area (Å²) in [4.78, 5) is 13.6.